The van der Waals surface area contributed by atoms with Crippen LogP contribution in [0.4, 0.5) is 0 Å². The van der Waals surface area contributed by atoms with Gasteiger partial charge in [-0.2, -0.15) is 0 Å². The Bertz CT molecular complexity index is 375. The molecular formula is C13H20N4. The lowest BCUT2D eigenvalue weighted by atomic mass is 10.1. The molecule has 0 saturated carbocycles. The van der Waals surface area contributed by atoms with E-state index in [0.29, 0.717) is 0 Å². The summed E-state index contributed by atoms with van der Waals surface area (Å²) >= 11 is 0. The molecule has 0 aliphatic carbocycles. The van der Waals surface area contributed by atoms with Crippen LogP contribution in [0.15, 0.2) is 29.3 Å². The van der Waals surface area contributed by atoms with Gasteiger partial charge in [-0.25, -0.2) is 5.84 Å². The van der Waals surface area contributed by atoms with Crippen LogP contribution in [0.3, 0.4) is 0 Å². The summed E-state index contributed by atoms with van der Waals surface area (Å²) in [6, 6.07) is 8.48. The number of hydrazine groups is 1. The van der Waals surface area contributed by atoms with Crippen molar-refractivity contribution in [1.29, 1.82) is 0 Å². The highest BCUT2D eigenvalue weighted by molar-refractivity contribution is 5.80. The third kappa shape index (κ3) is 2.77. The van der Waals surface area contributed by atoms with Gasteiger partial charge in [-0.1, -0.05) is 37.6 Å². The van der Waals surface area contributed by atoms with Crippen LogP contribution in [0.25, 0.3) is 0 Å². The zero-order chi connectivity index (χ0) is 12.1. The number of nitrogens with two attached hydrogens (primary N) is 1. The summed E-state index contributed by atoms with van der Waals surface area (Å²) in [6.07, 6.45) is 2.26. The van der Waals surface area contributed by atoms with Crippen LogP contribution in [-0.4, -0.2) is 17.4 Å². The van der Waals surface area contributed by atoms with Gasteiger partial charge in [-0.15, -0.1) is 0 Å². The van der Waals surface area contributed by atoms with Gasteiger partial charge in [0.1, 0.15) is 0 Å². The molecule has 17 heavy (non-hydrogen) atoms. The molecular weight excluding hydrogens is 212 g/mol. The van der Waals surface area contributed by atoms with Crippen molar-refractivity contribution in [3.05, 3.63) is 35.4 Å². The Labute approximate surface area is 102 Å². The summed E-state index contributed by atoms with van der Waals surface area (Å²) in [5, 5.41) is 0. The van der Waals surface area contributed by atoms with Crippen molar-refractivity contribution in [2.45, 2.75) is 32.9 Å². The van der Waals surface area contributed by atoms with E-state index >= 15 is 0 Å². The van der Waals surface area contributed by atoms with Gasteiger partial charge in [0, 0.05) is 19.6 Å². The molecule has 92 valence electrons. The first-order valence-electron chi connectivity index (χ1n) is 6.18. The first-order valence-corrected chi connectivity index (χ1v) is 6.18. The summed E-state index contributed by atoms with van der Waals surface area (Å²) in [6.45, 7) is 4.79. The third-order valence-electron chi connectivity index (χ3n) is 3.04. The number of nitrogens with one attached hydrogen (secondary N) is 1. The molecule has 1 aliphatic heterocycles. The predicted octanol–water partition coefficient (Wildman–Crippen LogP) is 1.62. The fourth-order valence-electron chi connectivity index (χ4n) is 2.06. The molecule has 0 fully saturated rings. The Balaban J connectivity index is 2.02. The second kappa shape index (κ2) is 5.68. The van der Waals surface area contributed by atoms with E-state index < -0.39 is 0 Å². The Kier molecular flexibility index (Phi) is 3.98. The number of unbranched alkanes of at least 4 members (excludes halogenated alkanes) is 1. The third-order valence-corrected chi connectivity index (χ3v) is 3.04. The lowest BCUT2D eigenvalue weighted by molar-refractivity contribution is 0.427. The number of rotatable bonds is 3. The molecule has 4 nitrogen and oxygen atoms in total. The Morgan fingerprint density at radius 2 is 2.00 bits per heavy atom. The van der Waals surface area contributed by atoms with E-state index in [0.717, 1.165) is 38.4 Å². The zero-order valence-corrected chi connectivity index (χ0v) is 10.3. The molecule has 0 spiro atoms. The standard InChI is InChI=1S/C13H20N4/c1-2-3-8-15-13(16-14)17-9-11-6-4-5-7-12(11)10-17/h4-7H,2-3,8-10,14H2,1H3,(H,15,16). The van der Waals surface area contributed by atoms with Gasteiger partial charge in [-0.3, -0.25) is 10.4 Å². The fraction of sp³-hybridized carbons (Fsp3) is 0.462. The monoisotopic (exact) mass is 232 g/mol. The molecule has 0 aromatic heterocycles. The van der Waals surface area contributed by atoms with Crippen molar-refractivity contribution in [1.82, 2.24) is 10.3 Å². The summed E-state index contributed by atoms with van der Waals surface area (Å²) in [5.41, 5.74) is 5.45. The van der Waals surface area contributed by atoms with Crippen LogP contribution < -0.4 is 11.3 Å². The van der Waals surface area contributed by atoms with Crippen LogP contribution in [0.2, 0.25) is 0 Å². The summed E-state index contributed by atoms with van der Waals surface area (Å²) < 4.78 is 0. The minimum atomic E-state index is 0.801. The van der Waals surface area contributed by atoms with Crippen molar-refractivity contribution in [2.75, 3.05) is 6.54 Å². The van der Waals surface area contributed by atoms with Gasteiger partial charge in [0.25, 0.3) is 0 Å². The summed E-state index contributed by atoms with van der Waals surface area (Å²) in [5.74, 6) is 6.35. The highest BCUT2D eigenvalue weighted by atomic mass is 15.4. The minimum Gasteiger partial charge on any atom is -0.333 e. The quantitative estimate of drug-likeness (QED) is 0.274. The van der Waals surface area contributed by atoms with Crippen LogP contribution in [0, 0.1) is 0 Å². The maximum Gasteiger partial charge on any atom is 0.209 e. The molecule has 1 aromatic carbocycles. The highest BCUT2D eigenvalue weighted by Crippen LogP contribution is 2.21. The molecule has 4 heteroatoms. The Morgan fingerprint density at radius 1 is 1.35 bits per heavy atom. The lowest BCUT2D eigenvalue weighted by Crippen LogP contribution is -2.42. The largest absolute Gasteiger partial charge is 0.333 e. The van der Waals surface area contributed by atoms with Crippen LogP contribution in [0.5, 0.6) is 0 Å². The lowest BCUT2D eigenvalue weighted by Gasteiger charge is -2.19. The minimum absolute atomic E-state index is 0.801. The summed E-state index contributed by atoms with van der Waals surface area (Å²) in [7, 11) is 0. The summed E-state index contributed by atoms with van der Waals surface area (Å²) in [4.78, 5) is 6.68. The van der Waals surface area contributed by atoms with Gasteiger partial charge in [0.05, 0.1) is 0 Å². The number of fused-ring (bicyclic) bond motifs is 1. The van der Waals surface area contributed by atoms with Crippen molar-refractivity contribution >= 4 is 5.96 Å². The van der Waals surface area contributed by atoms with Gasteiger partial charge >= 0.3 is 0 Å². The molecule has 2 rings (SSSR count). The molecule has 0 saturated heterocycles. The van der Waals surface area contributed by atoms with E-state index in [1.807, 2.05) is 0 Å². The van der Waals surface area contributed by atoms with Crippen LogP contribution >= 0.6 is 0 Å². The van der Waals surface area contributed by atoms with E-state index in [2.05, 4.69) is 46.5 Å². The zero-order valence-electron chi connectivity index (χ0n) is 10.3. The van der Waals surface area contributed by atoms with Crippen molar-refractivity contribution < 1.29 is 0 Å². The Hall–Kier alpha value is -1.55. The Morgan fingerprint density at radius 3 is 2.53 bits per heavy atom. The molecule has 1 heterocycles. The molecule has 1 aliphatic rings. The van der Waals surface area contributed by atoms with Crippen LogP contribution in [0.1, 0.15) is 30.9 Å². The average Bonchev–Trinajstić information content (AvgIpc) is 2.78. The highest BCUT2D eigenvalue weighted by Gasteiger charge is 2.20. The van der Waals surface area contributed by atoms with E-state index in [-0.39, 0.29) is 0 Å². The molecule has 3 N–H and O–H groups in total. The van der Waals surface area contributed by atoms with Gasteiger partial charge in [-0.05, 0) is 17.5 Å². The van der Waals surface area contributed by atoms with E-state index in [1.54, 1.807) is 0 Å². The van der Waals surface area contributed by atoms with Crippen molar-refractivity contribution in [3.8, 4) is 0 Å². The van der Waals surface area contributed by atoms with E-state index in [1.165, 1.54) is 11.1 Å². The first kappa shape index (κ1) is 11.9. The topological polar surface area (TPSA) is 53.6 Å². The van der Waals surface area contributed by atoms with E-state index in [9.17, 15) is 0 Å². The number of benzene rings is 1. The number of hydrogen-bond acceptors (Lipinski definition) is 2. The predicted molar refractivity (Wildman–Crippen MR) is 70.2 cm³/mol. The molecule has 0 bridgehead atoms. The number of nitrogens with zero attached hydrogens (tertiary/aromatic N) is 2. The maximum atomic E-state index is 5.55. The van der Waals surface area contributed by atoms with Gasteiger partial charge in [0.15, 0.2) is 0 Å². The fourth-order valence-corrected chi connectivity index (χ4v) is 2.06. The van der Waals surface area contributed by atoms with Crippen molar-refractivity contribution in [2.24, 2.45) is 10.8 Å². The smallest absolute Gasteiger partial charge is 0.209 e. The van der Waals surface area contributed by atoms with Crippen molar-refractivity contribution in [3.63, 3.8) is 0 Å². The molecule has 0 unspecified atom stereocenters. The molecule has 0 amide bonds. The number of hydrogen-bond donors (Lipinski definition) is 2. The SMILES string of the molecule is CCCCN=C(NN)N1Cc2ccccc2C1. The molecule has 0 radical (unpaired) electrons. The second-order valence-electron chi connectivity index (χ2n) is 4.33. The van der Waals surface area contributed by atoms with Gasteiger partial charge in [0.2, 0.25) is 5.96 Å². The maximum absolute atomic E-state index is 5.55. The van der Waals surface area contributed by atoms with Gasteiger partial charge < -0.3 is 4.90 Å². The first-order chi connectivity index (χ1) is 8.35. The second-order valence-corrected chi connectivity index (χ2v) is 4.33. The average molecular weight is 232 g/mol. The van der Waals surface area contributed by atoms with Crippen LogP contribution in [-0.2, 0) is 13.1 Å². The normalized spacial score (nSPS) is 14.9. The number of guanidine groups is 1. The molecule has 0 atom stereocenters. The number of aliphatic imine (C=N–C) groups is 1. The van der Waals surface area contributed by atoms with E-state index in [4.69, 9.17) is 5.84 Å². The molecule has 1 aromatic rings.